The number of hydrogen-bond acceptors (Lipinski definition) is 5. The van der Waals surface area contributed by atoms with Gasteiger partial charge in [-0.25, -0.2) is 9.52 Å². The Bertz CT molecular complexity index is 354. The molecule has 1 heterocycles. The van der Waals surface area contributed by atoms with E-state index in [1.54, 1.807) is 4.72 Å². The molecule has 1 aliphatic heterocycles. The fourth-order valence-electron chi connectivity index (χ4n) is 1.19. The van der Waals surface area contributed by atoms with E-state index in [4.69, 9.17) is 0 Å². The maximum atomic E-state index is 11.5. The molecule has 0 aliphatic carbocycles. The summed E-state index contributed by atoms with van der Waals surface area (Å²) >= 11 is 0. The Kier molecular flexibility index (Phi) is 3.64. The Morgan fingerprint density at radius 1 is 1.40 bits per heavy atom. The van der Waals surface area contributed by atoms with Crippen LogP contribution in [0.25, 0.3) is 0 Å². The lowest BCUT2D eigenvalue weighted by atomic mass is 10.1. The van der Waals surface area contributed by atoms with E-state index in [0.717, 1.165) is 11.4 Å². The Balaban J connectivity index is 2.62. The molecule has 1 amide bonds. The number of piperidine rings is 1. The zero-order valence-corrected chi connectivity index (χ0v) is 9.04. The molecule has 8 heteroatoms. The van der Waals surface area contributed by atoms with Crippen LogP contribution in [-0.4, -0.2) is 44.8 Å². The summed E-state index contributed by atoms with van der Waals surface area (Å²) < 4.78 is 29.9. The van der Waals surface area contributed by atoms with Gasteiger partial charge in [0.15, 0.2) is 0 Å². The van der Waals surface area contributed by atoms with Crippen molar-refractivity contribution in [3.63, 3.8) is 0 Å². The molecule has 1 N–H and O–H groups in total. The highest BCUT2D eigenvalue weighted by atomic mass is 32.2. The van der Waals surface area contributed by atoms with Crippen molar-refractivity contribution in [3.05, 3.63) is 0 Å². The predicted molar refractivity (Wildman–Crippen MR) is 50.3 cm³/mol. The van der Waals surface area contributed by atoms with E-state index in [-0.39, 0.29) is 31.7 Å². The molecule has 0 atom stereocenters. The van der Waals surface area contributed by atoms with E-state index >= 15 is 0 Å². The molecule has 15 heavy (non-hydrogen) atoms. The lowest BCUT2D eigenvalue weighted by molar-refractivity contribution is -0.120. The van der Waals surface area contributed by atoms with Gasteiger partial charge in [0, 0.05) is 25.9 Å². The normalized spacial score (nSPS) is 18.6. The van der Waals surface area contributed by atoms with Crippen LogP contribution < -0.4 is 4.72 Å². The molecule has 7 nitrogen and oxygen atoms in total. The summed E-state index contributed by atoms with van der Waals surface area (Å²) in [5.74, 6) is 0.0273. The number of ether oxygens (including phenoxy) is 1. The van der Waals surface area contributed by atoms with Crippen LogP contribution in [0.15, 0.2) is 0 Å². The standard InChI is InChI=1S/C7H12N2O5S/c1-14-7(11)8-15(12,13)9-4-2-6(10)3-5-9/h2-5H2,1H3,(H,8,11). The van der Waals surface area contributed by atoms with Crippen molar-refractivity contribution in [3.8, 4) is 0 Å². The Labute approximate surface area is 87.6 Å². The second-order valence-electron chi connectivity index (χ2n) is 3.04. The van der Waals surface area contributed by atoms with Crippen molar-refractivity contribution >= 4 is 22.1 Å². The molecular weight excluding hydrogens is 224 g/mol. The summed E-state index contributed by atoms with van der Waals surface area (Å²) in [6, 6.07) is 0. The van der Waals surface area contributed by atoms with Gasteiger partial charge in [-0.05, 0) is 0 Å². The highest BCUT2D eigenvalue weighted by Crippen LogP contribution is 2.09. The molecule has 0 aromatic carbocycles. The first kappa shape index (κ1) is 11.9. The molecule has 1 saturated heterocycles. The van der Waals surface area contributed by atoms with Crippen molar-refractivity contribution in [1.82, 2.24) is 9.03 Å². The minimum absolute atomic E-state index is 0.0273. The van der Waals surface area contributed by atoms with Gasteiger partial charge in [-0.3, -0.25) is 4.79 Å². The van der Waals surface area contributed by atoms with Gasteiger partial charge in [0.1, 0.15) is 5.78 Å². The number of nitrogens with zero attached hydrogens (tertiary/aromatic N) is 1. The minimum Gasteiger partial charge on any atom is -0.452 e. The van der Waals surface area contributed by atoms with Crippen LogP contribution in [0.3, 0.4) is 0 Å². The SMILES string of the molecule is COC(=O)NS(=O)(=O)N1CCC(=O)CC1. The Morgan fingerprint density at radius 2 is 1.93 bits per heavy atom. The van der Waals surface area contributed by atoms with Crippen LogP contribution in [0, 0.1) is 0 Å². The first-order valence-electron chi connectivity index (χ1n) is 4.33. The molecule has 0 unspecified atom stereocenters. The average molecular weight is 236 g/mol. The molecule has 1 fully saturated rings. The second kappa shape index (κ2) is 4.58. The van der Waals surface area contributed by atoms with Crippen molar-refractivity contribution < 1.29 is 22.7 Å². The molecule has 0 radical (unpaired) electrons. The van der Waals surface area contributed by atoms with Crippen LogP contribution in [0.4, 0.5) is 4.79 Å². The van der Waals surface area contributed by atoms with Crippen molar-refractivity contribution in [2.45, 2.75) is 12.8 Å². The zero-order valence-electron chi connectivity index (χ0n) is 8.23. The summed E-state index contributed by atoms with van der Waals surface area (Å²) in [7, 11) is -2.79. The second-order valence-corrected chi connectivity index (χ2v) is 4.71. The summed E-state index contributed by atoms with van der Waals surface area (Å²) in [5, 5.41) is 0. The lowest BCUT2D eigenvalue weighted by Crippen LogP contribution is -2.47. The van der Waals surface area contributed by atoms with Gasteiger partial charge in [0.2, 0.25) is 0 Å². The highest BCUT2D eigenvalue weighted by Gasteiger charge is 2.28. The summed E-state index contributed by atoms with van der Waals surface area (Å²) in [6.07, 6.45) is -0.670. The van der Waals surface area contributed by atoms with E-state index in [1.807, 2.05) is 0 Å². The topological polar surface area (TPSA) is 92.8 Å². The van der Waals surface area contributed by atoms with Crippen LogP contribution in [-0.2, 0) is 19.7 Å². The number of rotatable bonds is 2. The fourth-order valence-corrected chi connectivity index (χ4v) is 2.27. The highest BCUT2D eigenvalue weighted by molar-refractivity contribution is 7.87. The summed E-state index contributed by atoms with van der Waals surface area (Å²) in [4.78, 5) is 21.6. The largest absolute Gasteiger partial charge is 0.452 e. The smallest absolute Gasteiger partial charge is 0.421 e. The van der Waals surface area contributed by atoms with Crippen LogP contribution >= 0.6 is 0 Å². The van der Waals surface area contributed by atoms with Crippen LogP contribution in [0.5, 0.6) is 0 Å². The van der Waals surface area contributed by atoms with Crippen molar-refractivity contribution in [1.29, 1.82) is 0 Å². The molecule has 86 valence electrons. The van der Waals surface area contributed by atoms with Crippen molar-refractivity contribution in [2.24, 2.45) is 0 Å². The molecule has 0 saturated carbocycles. The number of nitrogens with one attached hydrogen (secondary N) is 1. The van der Waals surface area contributed by atoms with Gasteiger partial charge >= 0.3 is 16.3 Å². The zero-order chi connectivity index (χ0) is 11.5. The summed E-state index contributed by atoms with van der Waals surface area (Å²) in [5.41, 5.74) is 0. The number of hydrogen-bond donors (Lipinski definition) is 1. The predicted octanol–water partition coefficient (Wildman–Crippen LogP) is -0.748. The number of Topliss-reactive ketones (excluding diaryl/α,β-unsaturated/α-hetero) is 1. The third kappa shape index (κ3) is 3.17. The van der Waals surface area contributed by atoms with E-state index in [1.165, 1.54) is 0 Å². The average Bonchev–Trinajstić information content (AvgIpc) is 2.17. The maximum Gasteiger partial charge on any atom is 0.421 e. The van der Waals surface area contributed by atoms with Gasteiger partial charge in [-0.1, -0.05) is 0 Å². The van der Waals surface area contributed by atoms with Gasteiger partial charge < -0.3 is 4.74 Å². The Morgan fingerprint density at radius 3 is 2.40 bits per heavy atom. The number of ketones is 1. The van der Waals surface area contributed by atoms with Gasteiger partial charge in [-0.15, -0.1) is 0 Å². The van der Waals surface area contributed by atoms with E-state index in [2.05, 4.69) is 4.74 Å². The number of carbonyl (C=O) groups is 2. The fraction of sp³-hybridized carbons (Fsp3) is 0.714. The van der Waals surface area contributed by atoms with E-state index in [9.17, 15) is 18.0 Å². The number of carbonyl (C=O) groups excluding carboxylic acids is 2. The molecule has 1 rings (SSSR count). The molecular formula is C7H12N2O5S. The monoisotopic (exact) mass is 236 g/mol. The van der Waals surface area contributed by atoms with E-state index < -0.39 is 16.3 Å². The number of amides is 1. The third-order valence-corrected chi connectivity index (χ3v) is 3.49. The third-order valence-electron chi connectivity index (χ3n) is 2.02. The first-order chi connectivity index (χ1) is 6.95. The summed E-state index contributed by atoms with van der Waals surface area (Å²) in [6.45, 7) is 0.205. The van der Waals surface area contributed by atoms with Crippen molar-refractivity contribution in [2.75, 3.05) is 20.2 Å². The molecule has 0 aromatic heterocycles. The minimum atomic E-state index is -3.86. The molecule has 0 aromatic rings. The van der Waals surface area contributed by atoms with Gasteiger partial charge in [0.05, 0.1) is 7.11 Å². The van der Waals surface area contributed by atoms with Crippen LogP contribution in [0.1, 0.15) is 12.8 Å². The van der Waals surface area contributed by atoms with E-state index in [0.29, 0.717) is 0 Å². The van der Waals surface area contributed by atoms with Gasteiger partial charge in [0.25, 0.3) is 0 Å². The quantitative estimate of drug-likeness (QED) is 0.681. The Hall–Kier alpha value is -1.15. The first-order valence-corrected chi connectivity index (χ1v) is 5.77. The van der Waals surface area contributed by atoms with Gasteiger partial charge in [-0.2, -0.15) is 12.7 Å². The molecule has 1 aliphatic rings. The molecule has 0 bridgehead atoms. The lowest BCUT2D eigenvalue weighted by Gasteiger charge is -2.24. The number of methoxy groups -OCH3 is 1. The molecule has 0 spiro atoms. The van der Waals surface area contributed by atoms with Crippen LogP contribution in [0.2, 0.25) is 0 Å². The maximum absolute atomic E-state index is 11.5.